The second-order valence-electron chi connectivity index (χ2n) is 5.03. The van der Waals surface area contributed by atoms with Crippen LogP contribution >= 0.6 is 0 Å². The maximum Gasteiger partial charge on any atom is 0.240 e. The molecule has 1 fully saturated rings. The lowest BCUT2D eigenvalue weighted by Crippen LogP contribution is -2.36. The van der Waals surface area contributed by atoms with Gasteiger partial charge in [-0.3, -0.25) is 4.90 Å². The van der Waals surface area contributed by atoms with Crippen molar-refractivity contribution in [2.45, 2.75) is 45.2 Å². The SMILES string of the molecule is CNCC1CCCN1Cc1nc(C(C)C)no1. The fourth-order valence-electron chi connectivity index (χ4n) is 2.31. The smallest absolute Gasteiger partial charge is 0.240 e. The van der Waals surface area contributed by atoms with E-state index in [4.69, 9.17) is 4.52 Å². The Morgan fingerprint density at radius 3 is 3.00 bits per heavy atom. The summed E-state index contributed by atoms with van der Waals surface area (Å²) < 4.78 is 5.29. The summed E-state index contributed by atoms with van der Waals surface area (Å²) in [5.74, 6) is 1.89. The minimum absolute atomic E-state index is 0.333. The monoisotopic (exact) mass is 238 g/mol. The van der Waals surface area contributed by atoms with E-state index in [9.17, 15) is 0 Å². The van der Waals surface area contributed by atoms with E-state index >= 15 is 0 Å². The van der Waals surface area contributed by atoms with Gasteiger partial charge in [0, 0.05) is 18.5 Å². The van der Waals surface area contributed by atoms with Gasteiger partial charge in [0.25, 0.3) is 0 Å². The predicted octanol–water partition coefficient (Wildman–Crippen LogP) is 1.38. The van der Waals surface area contributed by atoms with E-state index < -0.39 is 0 Å². The second kappa shape index (κ2) is 5.60. The molecule has 0 bridgehead atoms. The average molecular weight is 238 g/mol. The van der Waals surface area contributed by atoms with Crippen LogP contribution in [0, 0.1) is 0 Å². The zero-order chi connectivity index (χ0) is 12.3. The Bertz CT molecular complexity index is 350. The van der Waals surface area contributed by atoms with E-state index in [1.807, 2.05) is 7.05 Å². The molecule has 0 aromatic carbocycles. The lowest BCUT2D eigenvalue weighted by molar-refractivity contribution is 0.209. The van der Waals surface area contributed by atoms with Crippen LogP contribution in [0.4, 0.5) is 0 Å². The Balaban J connectivity index is 1.94. The van der Waals surface area contributed by atoms with Gasteiger partial charge >= 0.3 is 0 Å². The molecule has 0 radical (unpaired) electrons. The number of hydrogen-bond acceptors (Lipinski definition) is 5. The second-order valence-corrected chi connectivity index (χ2v) is 5.03. The molecule has 96 valence electrons. The normalized spacial score (nSPS) is 21.5. The highest BCUT2D eigenvalue weighted by Crippen LogP contribution is 2.19. The van der Waals surface area contributed by atoms with Crippen molar-refractivity contribution >= 4 is 0 Å². The third-order valence-electron chi connectivity index (χ3n) is 3.28. The van der Waals surface area contributed by atoms with Gasteiger partial charge in [0.1, 0.15) is 0 Å². The fraction of sp³-hybridized carbons (Fsp3) is 0.833. The van der Waals surface area contributed by atoms with Gasteiger partial charge in [-0.1, -0.05) is 19.0 Å². The summed E-state index contributed by atoms with van der Waals surface area (Å²) >= 11 is 0. The number of rotatable bonds is 5. The van der Waals surface area contributed by atoms with Gasteiger partial charge in [-0.25, -0.2) is 0 Å². The van der Waals surface area contributed by atoms with Crippen molar-refractivity contribution in [3.8, 4) is 0 Å². The first-order valence-electron chi connectivity index (χ1n) is 6.42. The topological polar surface area (TPSA) is 54.2 Å². The third-order valence-corrected chi connectivity index (χ3v) is 3.28. The molecule has 0 spiro atoms. The molecule has 0 aliphatic carbocycles. The van der Waals surface area contributed by atoms with Crippen LogP contribution < -0.4 is 5.32 Å². The number of likely N-dealkylation sites (tertiary alicyclic amines) is 1. The summed E-state index contributed by atoms with van der Waals surface area (Å²) in [6.07, 6.45) is 2.52. The molecule has 1 aromatic rings. The summed E-state index contributed by atoms with van der Waals surface area (Å²) in [5, 5.41) is 7.24. The van der Waals surface area contributed by atoms with Gasteiger partial charge < -0.3 is 9.84 Å². The molecule has 1 aromatic heterocycles. The molecule has 2 rings (SSSR count). The summed E-state index contributed by atoms with van der Waals surface area (Å²) in [6.45, 7) is 7.10. The van der Waals surface area contributed by atoms with Crippen molar-refractivity contribution < 1.29 is 4.52 Å². The highest BCUT2D eigenvalue weighted by atomic mass is 16.5. The summed E-state index contributed by atoms with van der Waals surface area (Å²) in [5.41, 5.74) is 0. The Morgan fingerprint density at radius 1 is 1.53 bits per heavy atom. The Kier molecular flexibility index (Phi) is 4.12. The van der Waals surface area contributed by atoms with Crippen molar-refractivity contribution in [3.05, 3.63) is 11.7 Å². The molecule has 1 N–H and O–H groups in total. The Morgan fingerprint density at radius 2 is 2.35 bits per heavy atom. The molecule has 17 heavy (non-hydrogen) atoms. The average Bonchev–Trinajstić information content (AvgIpc) is 2.90. The summed E-state index contributed by atoms with van der Waals surface area (Å²) in [6, 6.07) is 0.606. The third kappa shape index (κ3) is 3.04. The van der Waals surface area contributed by atoms with Crippen LogP contribution in [0.2, 0.25) is 0 Å². The number of likely N-dealkylation sites (N-methyl/N-ethyl adjacent to an activating group) is 1. The van der Waals surface area contributed by atoms with Crippen LogP contribution in [0.5, 0.6) is 0 Å². The number of nitrogens with zero attached hydrogens (tertiary/aromatic N) is 3. The molecule has 1 unspecified atom stereocenters. The van der Waals surface area contributed by atoms with E-state index in [0.29, 0.717) is 12.0 Å². The maximum absolute atomic E-state index is 5.29. The molecule has 2 heterocycles. The maximum atomic E-state index is 5.29. The Hall–Kier alpha value is -0.940. The number of nitrogens with one attached hydrogen (secondary N) is 1. The van der Waals surface area contributed by atoms with Crippen molar-refractivity contribution in [1.82, 2.24) is 20.4 Å². The first kappa shape index (κ1) is 12.5. The molecule has 0 amide bonds. The molecule has 1 saturated heterocycles. The molecular formula is C12H22N4O. The standard InChI is InChI=1S/C12H22N4O/c1-9(2)12-14-11(17-15-12)8-16-6-4-5-10(16)7-13-3/h9-10,13H,4-8H2,1-3H3. The van der Waals surface area contributed by atoms with Gasteiger partial charge in [0.2, 0.25) is 5.89 Å². The van der Waals surface area contributed by atoms with Crippen LogP contribution in [0.15, 0.2) is 4.52 Å². The van der Waals surface area contributed by atoms with E-state index in [1.165, 1.54) is 12.8 Å². The van der Waals surface area contributed by atoms with E-state index in [-0.39, 0.29) is 0 Å². The molecule has 1 aliphatic rings. The summed E-state index contributed by atoms with van der Waals surface area (Å²) in [7, 11) is 2.00. The van der Waals surface area contributed by atoms with Crippen LogP contribution in [0.1, 0.15) is 44.3 Å². The van der Waals surface area contributed by atoms with E-state index in [0.717, 1.165) is 31.3 Å². The van der Waals surface area contributed by atoms with E-state index in [2.05, 4.69) is 34.2 Å². The molecule has 0 saturated carbocycles. The zero-order valence-corrected chi connectivity index (χ0v) is 10.9. The first-order chi connectivity index (χ1) is 8.20. The zero-order valence-electron chi connectivity index (χ0n) is 10.9. The Labute approximate surface area is 103 Å². The van der Waals surface area contributed by atoms with E-state index in [1.54, 1.807) is 0 Å². The minimum Gasteiger partial charge on any atom is -0.338 e. The van der Waals surface area contributed by atoms with Gasteiger partial charge in [0.05, 0.1) is 6.54 Å². The number of aromatic nitrogens is 2. The molecule has 1 atom stereocenters. The molecule has 5 nitrogen and oxygen atoms in total. The number of hydrogen-bond donors (Lipinski definition) is 1. The molecule has 5 heteroatoms. The van der Waals surface area contributed by atoms with Crippen molar-refractivity contribution in [1.29, 1.82) is 0 Å². The fourth-order valence-corrected chi connectivity index (χ4v) is 2.31. The van der Waals surface area contributed by atoms with Crippen molar-refractivity contribution in [2.24, 2.45) is 0 Å². The van der Waals surface area contributed by atoms with Gasteiger partial charge in [-0.15, -0.1) is 0 Å². The van der Waals surface area contributed by atoms with Crippen LogP contribution in [-0.2, 0) is 6.54 Å². The molecule has 1 aliphatic heterocycles. The largest absolute Gasteiger partial charge is 0.338 e. The molecular weight excluding hydrogens is 216 g/mol. The van der Waals surface area contributed by atoms with Crippen LogP contribution in [0.3, 0.4) is 0 Å². The lowest BCUT2D eigenvalue weighted by Gasteiger charge is -2.22. The quantitative estimate of drug-likeness (QED) is 0.840. The van der Waals surface area contributed by atoms with Crippen LogP contribution in [-0.4, -0.2) is 41.2 Å². The van der Waals surface area contributed by atoms with Crippen LogP contribution in [0.25, 0.3) is 0 Å². The minimum atomic E-state index is 0.333. The predicted molar refractivity (Wildman–Crippen MR) is 65.7 cm³/mol. The van der Waals surface area contributed by atoms with Crippen molar-refractivity contribution in [3.63, 3.8) is 0 Å². The first-order valence-corrected chi connectivity index (χ1v) is 6.42. The summed E-state index contributed by atoms with van der Waals surface area (Å²) in [4.78, 5) is 6.85. The van der Waals surface area contributed by atoms with Gasteiger partial charge in [-0.05, 0) is 26.4 Å². The van der Waals surface area contributed by atoms with Gasteiger partial charge in [0.15, 0.2) is 5.82 Å². The van der Waals surface area contributed by atoms with Crippen molar-refractivity contribution in [2.75, 3.05) is 20.1 Å². The lowest BCUT2D eigenvalue weighted by atomic mass is 10.2. The highest BCUT2D eigenvalue weighted by molar-refractivity contribution is 4.93. The van der Waals surface area contributed by atoms with Gasteiger partial charge in [-0.2, -0.15) is 4.98 Å². The highest BCUT2D eigenvalue weighted by Gasteiger charge is 2.25.